The predicted octanol–water partition coefficient (Wildman–Crippen LogP) is 1.26. The van der Waals surface area contributed by atoms with Gasteiger partial charge in [0.25, 0.3) is 0 Å². The summed E-state index contributed by atoms with van der Waals surface area (Å²) < 4.78 is 4.96. The number of methoxy groups -OCH3 is 1. The lowest BCUT2D eigenvalue weighted by Gasteiger charge is -2.30. The number of amides is 2. The van der Waals surface area contributed by atoms with E-state index in [1.165, 1.54) is 7.11 Å². The molecule has 4 rings (SSSR count). The normalized spacial score (nSPS) is 23.1. The number of imidazole rings is 1. The number of ether oxygens (including phenoxy) is 1. The van der Waals surface area contributed by atoms with E-state index in [4.69, 9.17) is 4.74 Å². The van der Waals surface area contributed by atoms with Gasteiger partial charge < -0.3 is 19.5 Å². The third kappa shape index (κ3) is 2.94. The Morgan fingerprint density at radius 2 is 2.08 bits per heavy atom. The first-order valence-corrected chi connectivity index (χ1v) is 9.07. The number of likely N-dealkylation sites (tertiary alicyclic amines) is 2. The Hall–Kier alpha value is -2.48. The number of aromatic nitrogens is 3. The molecule has 1 N–H and O–H groups in total. The van der Waals surface area contributed by atoms with E-state index in [1.54, 1.807) is 17.3 Å². The van der Waals surface area contributed by atoms with Gasteiger partial charge >= 0.3 is 0 Å². The van der Waals surface area contributed by atoms with Crippen LogP contribution >= 0.6 is 0 Å². The average Bonchev–Trinajstić information content (AvgIpc) is 3.38. The molecule has 2 fully saturated rings. The molecule has 2 aromatic rings. The molecule has 0 saturated carbocycles. The summed E-state index contributed by atoms with van der Waals surface area (Å²) in [6.45, 7) is 1.33. The van der Waals surface area contributed by atoms with Crippen LogP contribution in [-0.4, -0.2) is 69.4 Å². The molecule has 2 unspecified atom stereocenters. The van der Waals surface area contributed by atoms with Gasteiger partial charge in [-0.05, 0) is 31.7 Å². The summed E-state index contributed by atoms with van der Waals surface area (Å²) in [5.74, 6) is 0.702. The van der Waals surface area contributed by atoms with E-state index in [2.05, 4.69) is 15.0 Å². The molecule has 0 spiro atoms. The molecule has 138 valence electrons. The van der Waals surface area contributed by atoms with Crippen molar-refractivity contribution in [2.75, 3.05) is 26.8 Å². The number of carbonyl (C=O) groups excluding carboxylic acids is 2. The molecule has 2 atom stereocenters. The minimum absolute atomic E-state index is 0.0176. The molecule has 8 nitrogen and oxygen atoms in total. The van der Waals surface area contributed by atoms with E-state index in [0.29, 0.717) is 19.5 Å². The van der Waals surface area contributed by atoms with Gasteiger partial charge in [-0.3, -0.25) is 14.6 Å². The molecule has 0 bridgehead atoms. The third-order valence-electron chi connectivity index (χ3n) is 5.28. The van der Waals surface area contributed by atoms with Gasteiger partial charge in [0.2, 0.25) is 11.8 Å². The average molecular weight is 357 g/mol. The fourth-order valence-electron chi connectivity index (χ4n) is 4.07. The third-order valence-corrected chi connectivity index (χ3v) is 5.28. The van der Waals surface area contributed by atoms with E-state index in [9.17, 15) is 9.59 Å². The maximum Gasteiger partial charge on any atom is 0.249 e. The van der Waals surface area contributed by atoms with E-state index in [-0.39, 0.29) is 30.5 Å². The molecular formula is C18H23N5O3. The number of hydrogen-bond acceptors (Lipinski definition) is 5. The van der Waals surface area contributed by atoms with Crippen molar-refractivity contribution in [3.8, 4) is 0 Å². The Balaban J connectivity index is 1.55. The van der Waals surface area contributed by atoms with Gasteiger partial charge in [-0.2, -0.15) is 0 Å². The van der Waals surface area contributed by atoms with Crippen LogP contribution in [0.2, 0.25) is 0 Å². The van der Waals surface area contributed by atoms with Gasteiger partial charge in [-0.15, -0.1) is 0 Å². The summed E-state index contributed by atoms with van der Waals surface area (Å²) in [6, 6.07) is 1.40. The first-order valence-electron chi connectivity index (χ1n) is 9.07. The highest BCUT2D eigenvalue weighted by atomic mass is 16.5. The number of H-pyrrole nitrogens is 1. The fraction of sp³-hybridized carbons (Fsp3) is 0.556. The molecule has 2 saturated heterocycles. The fourth-order valence-corrected chi connectivity index (χ4v) is 4.07. The second kappa shape index (κ2) is 7.03. The standard InChI is InChI=1S/C18H23N5O3/c1-26-11-16(24)22-8-3-5-15(22)18(25)23-9-2-4-14(23)17-20-12-6-7-19-10-13(12)21-17/h6-7,10,14-15H,2-5,8-9,11H2,1H3,(H,20,21). The number of nitrogens with one attached hydrogen (secondary N) is 1. The molecule has 0 radical (unpaired) electrons. The highest BCUT2D eigenvalue weighted by molar-refractivity contribution is 5.89. The molecule has 26 heavy (non-hydrogen) atoms. The van der Waals surface area contributed by atoms with Crippen LogP contribution in [0.25, 0.3) is 11.0 Å². The zero-order chi connectivity index (χ0) is 18.1. The predicted molar refractivity (Wildman–Crippen MR) is 94.2 cm³/mol. The minimum Gasteiger partial charge on any atom is -0.375 e. The van der Waals surface area contributed by atoms with Gasteiger partial charge in [0.15, 0.2) is 0 Å². The number of pyridine rings is 1. The van der Waals surface area contributed by atoms with Gasteiger partial charge in [0.1, 0.15) is 18.5 Å². The monoisotopic (exact) mass is 357 g/mol. The Bertz CT molecular complexity index is 787. The number of fused-ring (bicyclic) bond motifs is 1. The number of nitrogens with zero attached hydrogens (tertiary/aromatic N) is 4. The van der Waals surface area contributed by atoms with Crippen molar-refractivity contribution >= 4 is 22.8 Å². The van der Waals surface area contributed by atoms with Gasteiger partial charge in [0, 0.05) is 26.4 Å². The molecule has 2 amide bonds. The molecule has 2 aliphatic heterocycles. The highest BCUT2D eigenvalue weighted by Crippen LogP contribution is 2.33. The zero-order valence-electron chi connectivity index (χ0n) is 14.9. The summed E-state index contributed by atoms with van der Waals surface area (Å²) in [6.07, 6.45) is 6.82. The van der Waals surface area contributed by atoms with Crippen molar-refractivity contribution in [1.82, 2.24) is 24.8 Å². The lowest BCUT2D eigenvalue weighted by Crippen LogP contribution is -2.48. The smallest absolute Gasteiger partial charge is 0.249 e. The molecule has 8 heteroatoms. The van der Waals surface area contributed by atoms with Crippen molar-refractivity contribution in [3.63, 3.8) is 0 Å². The van der Waals surface area contributed by atoms with Crippen LogP contribution in [0.4, 0.5) is 0 Å². The SMILES string of the molecule is COCC(=O)N1CCCC1C(=O)N1CCCC1c1nc2ccncc2[nH]1. The molecule has 2 aromatic heterocycles. The molecule has 4 heterocycles. The van der Waals surface area contributed by atoms with Crippen LogP contribution in [0.3, 0.4) is 0 Å². The van der Waals surface area contributed by atoms with Gasteiger partial charge in [-0.1, -0.05) is 0 Å². The van der Waals surface area contributed by atoms with Crippen molar-refractivity contribution in [1.29, 1.82) is 0 Å². The highest BCUT2D eigenvalue weighted by Gasteiger charge is 2.41. The summed E-state index contributed by atoms with van der Waals surface area (Å²) in [4.78, 5) is 41.1. The van der Waals surface area contributed by atoms with Crippen LogP contribution in [0.15, 0.2) is 18.5 Å². The van der Waals surface area contributed by atoms with Crippen LogP contribution < -0.4 is 0 Å². The number of rotatable bonds is 4. The van der Waals surface area contributed by atoms with E-state index < -0.39 is 0 Å². The van der Waals surface area contributed by atoms with Crippen molar-refractivity contribution in [3.05, 3.63) is 24.3 Å². The summed E-state index contributed by atoms with van der Waals surface area (Å²) in [5, 5.41) is 0. The maximum atomic E-state index is 13.2. The van der Waals surface area contributed by atoms with Crippen LogP contribution in [-0.2, 0) is 14.3 Å². The Morgan fingerprint density at radius 1 is 1.27 bits per heavy atom. The van der Waals surface area contributed by atoms with E-state index in [1.807, 2.05) is 11.0 Å². The summed E-state index contributed by atoms with van der Waals surface area (Å²) >= 11 is 0. The second-order valence-corrected chi connectivity index (χ2v) is 6.88. The van der Waals surface area contributed by atoms with Gasteiger partial charge in [0.05, 0.1) is 23.3 Å². The Morgan fingerprint density at radius 3 is 2.88 bits per heavy atom. The van der Waals surface area contributed by atoms with Crippen molar-refractivity contribution < 1.29 is 14.3 Å². The molecule has 0 aromatic carbocycles. The quantitative estimate of drug-likeness (QED) is 0.889. The van der Waals surface area contributed by atoms with Crippen LogP contribution in [0.1, 0.15) is 37.5 Å². The first kappa shape index (κ1) is 17.0. The number of carbonyl (C=O) groups is 2. The van der Waals surface area contributed by atoms with Crippen molar-refractivity contribution in [2.45, 2.75) is 37.8 Å². The maximum absolute atomic E-state index is 13.2. The summed E-state index contributed by atoms with van der Waals surface area (Å²) in [5.41, 5.74) is 1.73. The first-order chi connectivity index (χ1) is 12.7. The van der Waals surface area contributed by atoms with E-state index >= 15 is 0 Å². The van der Waals surface area contributed by atoms with Crippen molar-refractivity contribution in [2.24, 2.45) is 0 Å². The lowest BCUT2D eigenvalue weighted by atomic mass is 10.1. The topological polar surface area (TPSA) is 91.4 Å². The number of aromatic amines is 1. The lowest BCUT2D eigenvalue weighted by molar-refractivity contribution is -0.146. The minimum atomic E-state index is -0.385. The second-order valence-electron chi connectivity index (χ2n) is 6.88. The molecule has 2 aliphatic rings. The zero-order valence-corrected chi connectivity index (χ0v) is 14.9. The molecule has 0 aliphatic carbocycles. The Kier molecular flexibility index (Phi) is 4.58. The Labute approximate surface area is 151 Å². The molecular weight excluding hydrogens is 334 g/mol. The summed E-state index contributed by atoms with van der Waals surface area (Å²) in [7, 11) is 1.50. The van der Waals surface area contributed by atoms with Gasteiger partial charge in [-0.25, -0.2) is 4.98 Å². The van der Waals surface area contributed by atoms with Crippen LogP contribution in [0, 0.1) is 0 Å². The van der Waals surface area contributed by atoms with E-state index in [0.717, 1.165) is 36.1 Å². The van der Waals surface area contributed by atoms with Crippen LogP contribution in [0.5, 0.6) is 0 Å². The largest absolute Gasteiger partial charge is 0.375 e. The number of hydrogen-bond donors (Lipinski definition) is 1.